The number of halogens is 1. The standard InChI is InChI=1S/C13H10BrN3/c1-9-3-2-4-10(7-9)11-5-6-13-15-12(14)8-17(13)16-11/h2-8H,1H3. The third kappa shape index (κ3) is 1.96. The summed E-state index contributed by atoms with van der Waals surface area (Å²) in [6.45, 7) is 2.08. The van der Waals surface area contributed by atoms with Gasteiger partial charge < -0.3 is 0 Å². The van der Waals surface area contributed by atoms with Crippen molar-refractivity contribution >= 4 is 21.6 Å². The largest absolute Gasteiger partial charge is 0.220 e. The lowest BCUT2D eigenvalue weighted by molar-refractivity contribution is 0.941. The number of fused-ring (bicyclic) bond motifs is 1. The average molecular weight is 288 g/mol. The van der Waals surface area contributed by atoms with Crippen LogP contribution in [0.25, 0.3) is 16.9 Å². The lowest BCUT2D eigenvalue weighted by atomic mass is 10.1. The number of benzene rings is 1. The van der Waals surface area contributed by atoms with E-state index in [2.05, 4.69) is 51.1 Å². The number of aryl methyl sites for hydroxylation is 1. The highest BCUT2D eigenvalue weighted by Crippen LogP contribution is 2.19. The van der Waals surface area contributed by atoms with Gasteiger partial charge in [-0.3, -0.25) is 0 Å². The first-order valence-corrected chi connectivity index (χ1v) is 6.11. The van der Waals surface area contributed by atoms with Gasteiger partial charge in [0.15, 0.2) is 5.65 Å². The van der Waals surface area contributed by atoms with E-state index in [-0.39, 0.29) is 0 Å². The summed E-state index contributed by atoms with van der Waals surface area (Å²) in [7, 11) is 0. The van der Waals surface area contributed by atoms with Gasteiger partial charge in [0.25, 0.3) is 0 Å². The number of hydrogen-bond donors (Lipinski definition) is 0. The molecule has 3 nitrogen and oxygen atoms in total. The fraction of sp³-hybridized carbons (Fsp3) is 0.0769. The third-order valence-electron chi connectivity index (χ3n) is 2.60. The molecule has 0 amide bonds. The molecule has 0 atom stereocenters. The molecule has 0 aliphatic rings. The highest BCUT2D eigenvalue weighted by molar-refractivity contribution is 9.10. The predicted octanol–water partition coefficient (Wildman–Crippen LogP) is 3.47. The van der Waals surface area contributed by atoms with Crippen LogP contribution in [0.5, 0.6) is 0 Å². The molecule has 2 heterocycles. The summed E-state index contributed by atoms with van der Waals surface area (Å²) >= 11 is 3.35. The number of aromatic nitrogens is 3. The Morgan fingerprint density at radius 3 is 2.88 bits per heavy atom. The highest BCUT2D eigenvalue weighted by atomic mass is 79.9. The van der Waals surface area contributed by atoms with Crippen LogP contribution in [0, 0.1) is 6.92 Å². The molecular formula is C13H10BrN3. The van der Waals surface area contributed by atoms with Gasteiger partial charge in [-0.1, -0.05) is 23.8 Å². The fourth-order valence-corrected chi connectivity index (χ4v) is 2.19. The van der Waals surface area contributed by atoms with Gasteiger partial charge >= 0.3 is 0 Å². The van der Waals surface area contributed by atoms with Crippen molar-refractivity contribution in [1.29, 1.82) is 0 Å². The van der Waals surface area contributed by atoms with Gasteiger partial charge in [0.1, 0.15) is 4.60 Å². The number of imidazole rings is 1. The van der Waals surface area contributed by atoms with Gasteiger partial charge in [-0.05, 0) is 41.1 Å². The lowest BCUT2D eigenvalue weighted by Gasteiger charge is -2.02. The van der Waals surface area contributed by atoms with Gasteiger partial charge in [-0.15, -0.1) is 0 Å². The SMILES string of the molecule is Cc1cccc(-c2ccc3nc(Br)cn3n2)c1. The molecule has 0 N–H and O–H groups in total. The molecule has 0 radical (unpaired) electrons. The Kier molecular flexibility index (Phi) is 2.44. The van der Waals surface area contributed by atoms with E-state index in [0.717, 1.165) is 21.5 Å². The molecule has 0 fully saturated rings. The summed E-state index contributed by atoms with van der Waals surface area (Å²) in [6, 6.07) is 12.3. The van der Waals surface area contributed by atoms with Gasteiger partial charge in [-0.25, -0.2) is 9.50 Å². The molecule has 0 saturated heterocycles. The molecule has 0 unspecified atom stereocenters. The Balaban J connectivity index is 2.17. The van der Waals surface area contributed by atoms with Crippen LogP contribution in [-0.2, 0) is 0 Å². The van der Waals surface area contributed by atoms with Crippen LogP contribution in [0.15, 0.2) is 47.2 Å². The van der Waals surface area contributed by atoms with E-state index >= 15 is 0 Å². The zero-order valence-corrected chi connectivity index (χ0v) is 10.8. The zero-order chi connectivity index (χ0) is 11.8. The van der Waals surface area contributed by atoms with E-state index in [1.54, 1.807) is 4.52 Å². The number of rotatable bonds is 1. The van der Waals surface area contributed by atoms with E-state index in [1.807, 2.05) is 24.4 Å². The molecule has 17 heavy (non-hydrogen) atoms. The molecule has 0 spiro atoms. The summed E-state index contributed by atoms with van der Waals surface area (Å²) in [5.41, 5.74) is 4.15. The van der Waals surface area contributed by atoms with Crippen molar-refractivity contribution < 1.29 is 0 Å². The van der Waals surface area contributed by atoms with E-state index in [4.69, 9.17) is 0 Å². The van der Waals surface area contributed by atoms with Crippen LogP contribution < -0.4 is 0 Å². The molecule has 2 aromatic heterocycles. The minimum absolute atomic E-state index is 0.798. The summed E-state index contributed by atoms with van der Waals surface area (Å²) in [5, 5.41) is 4.53. The number of hydrogen-bond acceptors (Lipinski definition) is 2. The molecule has 3 rings (SSSR count). The van der Waals surface area contributed by atoms with Crippen LogP contribution in [0.2, 0.25) is 0 Å². The topological polar surface area (TPSA) is 30.2 Å². The molecule has 84 valence electrons. The Hall–Kier alpha value is -1.68. The second-order valence-corrected chi connectivity index (χ2v) is 4.77. The van der Waals surface area contributed by atoms with Crippen LogP contribution >= 0.6 is 15.9 Å². The summed E-state index contributed by atoms with van der Waals surface area (Å²) in [4.78, 5) is 4.28. The Labute approximate surface area is 107 Å². The van der Waals surface area contributed by atoms with Crippen molar-refractivity contribution in [3.05, 3.63) is 52.8 Å². The van der Waals surface area contributed by atoms with Crippen LogP contribution in [0.3, 0.4) is 0 Å². The minimum atomic E-state index is 0.798. The molecular weight excluding hydrogens is 278 g/mol. The van der Waals surface area contributed by atoms with E-state index in [0.29, 0.717) is 0 Å². The molecule has 0 aliphatic carbocycles. The normalized spacial score (nSPS) is 10.9. The molecule has 0 saturated carbocycles. The molecule has 1 aromatic carbocycles. The smallest absolute Gasteiger partial charge is 0.154 e. The molecule has 3 aromatic rings. The highest BCUT2D eigenvalue weighted by Gasteiger charge is 2.03. The molecule has 0 aliphatic heterocycles. The van der Waals surface area contributed by atoms with E-state index < -0.39 is 0 Å². The van der Waals surface area contributed by atoms with E-state index in [9.17, 15) is 0 Å². The first kappa shape index (κ1) is 10.5. The van der Waals surface area contributed by atoms with Crippen molar-refractivity contribution in [2.24, 2.45) is 0 Å². The Morgan fingerprint density at radius 2 is 2.06 bits per heavy atom. The third-order valence-corrected chi connectivity index (χ3v) is 2.99. The monoisotopic (exact) mass is 287 g/mol. The Bertz CT molecular complexity index is 688. The van der Waals surface area contributed by atoms with Gasteiger partial charge in [0.05, 0.1) is 11.9 Å². The van der Waals surface area contributed by atoms with Crippen molar-refractivity contribution in [2.45, 2.75) is 6.92 Å². The van der Waals surface area contributed by atoms with Crippen molar-refractivity contribution in [2.75, 3.05) is 0 Å². The Morgan fingerprint density at radius 1 is 1.18 bits per heavy atom. The second-order valence-electron chi connectivity index (χ2n) is 3.95. The maximum Gasteiger partial charge on any atom is 0.154 e. The first-order chi connectivity index (χ1) is 8.22. The average Bonchev–Trinajstić information content (AvgIpc) is 2.68. The number of nitrogens with zero attached hydrogens (tertiary/aromatic N) is 3. The van der Waals surface area contributed by atoms with Crippen molar-refractivity contribution in [3.63, 3.8) is 0 Å². The second kappa shape index (κ2) is 3.96. The van der Waals surface area contributed by atoms with Crippen LogP contribution in [0.1, 0.15) is 5.56 Å². The van der Waals surface area contributed by atoms with Crippen molar-refractivity contribution in [1.82, 2.24) is 14.6 Å². The summed E-state index contributed by atoms with van der Waals surface area (Å²) < 4.78 is 2.58. The first-order valence-electron chi connectivity index (χ1n) is 5.31. The maximum absolute atomic E-state index is 4.53. The van der Waals surface area contributed by atoms with Crippen LogP contribution in [0.4, 0.5) is 0 Å². The van der Waals surface area contributed by atoms with Gasteiger partial charge in [0, 0.05) is 5.56 Å². The van der Waals surface area contributed by atoms with Gasteiger partial charge in [0.2, 0.25) is 0 Å². The van der Waals surface area contributed by atoms with Crippen LogP contribution in [-0.4, -0.2) is 14.6 Å². The van der Waals surface area contributed by atoms with Crippen molar-refractivity contribution in [3.8, 4) is 11.3 Å². The zero-order valence-electron chi connectivity index (χ0n) is 9.26. The molecule has 0 bridgehead atoms. The quantitative estimate of drug-likeness (QED) is 0.686. The minimum Gasteiger partial charge on any atom is -0.220 e. The van der Waals surface area contributed by atoms with E-state index in [1.165, 1.54) is 5.56 Å². The fourth-order valence-electron chi connectivity index (χ4n) is 1.81. The lowest BCUT2D eigenvalue weighted by Crippen LogP contribution is -1.93. The maximum atomic E-state index is 4.53. The summed E-state index contributed by atoms with van der Waals surface area (Å²) in [5.74, 6) is 0. The molecule has 4 heteroatoms. The summed E-state index contributed by atoms with van der Waals surface area (Å²) in [6.07, 6.45) is 1.86. The van der Waals surface area contributed by atoms with Gasteiger partial charge in [-0.2, -0.15) is 5.10 Å². The predicted molar refractivity (Wildman–Crippen MR) is 70.9 cm³/mol.